The first-order valence-corrected chi connectivity index (χ1v) is 7.13. The van der Waals surface area contributed by atoms with Crippen LogP contribution in [0.2, 0.25) is 0 Å². The van der Waals surface area contributed by atoms with Gasteiger partial charge in [0.15, 0.2) is 0 Å². The fraction of sp³-hybridized carbons (Fsp3) is 0.133. The quantitative estimate of drug-likeness (QED) is 0.765. The number of nitrogens with two attached hydrogens (primary N) is 1. The molecule has 0 unspecified atom stereocenters. The van der Waals surface area contributed by atoms with E-state index in [1.807, 2.05) is 30.3 Å². The highest BCUT2D eigenvalue weighted by Crippen LogP contribution is 2.19. The van der Waals surface area contributed by atoms with E-state index in [4.69, 9.17) is 5.73 Å². The highest BCUT2D eigenvalue weighted by atomic mass is 32.1. The number of nitrogens with one attached hydrogen (secondary N) is 1. The summed E-state index contributed by atoms with van der Waals surface area (Å²) in [5, 5.41) is 8.64. The summed E-state index contributed by atoms with van der Waals surface area (Å²) >= 11 is 1.71. The second kappa shape index (κ2) is 5.38. The van der Waals surface area contributed by atoms with Gasteiger partial charge in [-0.1, -0.05) is 18.2 Å². The van der Waals surface area contributed by atoms with E-state index in [-0.39, 0.29) is 0 Å². The zero-order valence-electron chi connectivity index (χ0n) is 10.5. The predicted molar refractivity (Wildman–Crippen MR) is 81.0 cm³/mol. The number of nitrogens with zero attached hydrogens (tertiary/aromatic N) is 1. The lowest BCUT2D eigenvalue weighted by Crippen LogP contribution is -2.13. The lowest BCUT2D eigenvalue weighted by Gasteiger charge is -2.07. The lowest BCUT2D eigenvalue weighted by atomic mass is 10.1. The summed E-state index contributed by atoms with van der Waals surface area (Å²) in [4.78, 5) is 4.61. The van der Waals surface area contributed by atoms with Crippen LogP contribution in [0.15, 0.2) is 47.2 Å². The third kappa shape index (κ3) is 2.75. The summed E-state index contributed by atoms with van der Waals surface area (Å²) in [6.45, 7) is 1.59. The van der Waals surface area contributed by atoms with Crippen molar-refractivity contribution in [2.24, 2.45) is 0 Å². The van der Waals surface area contributed by atoms with Crippen LogP contribution in [0, 0.1) is 0 Å². The van der Waals surface area contributed by atoms with E-state index in [0.717, 1.165) is 35.4 Å². The first kappa shape index (κ1) is 12.1. The summed E-state index contributed by atoms with van der Waals surface area (Å²) in [7, 11) is 0. The highest BCUT2D eigenvalue weighted by Gasteiger charge is 2.02. The van der Waals surface area contributed by atoms with Crippen molar-refractivity contribution < 1.29 is 0 Å². The van der Waals surface area contributed by atoms with Crippen LogP contribution in [0.25, 0.3) is 10.9 Å². The van der Waals surface area contributed by atoms with Gasteiger partial charge in [0.1, 0.15) is 0 Å². The SMILES string of the molecule is Nc1cc(CNCc2ccsc2)nc2ccccc12. The van der Waals surface area contributed by atoms with Gasteiger partial charge in [-0.2, -0.15) is 11.3 Å². The standard InChI is InChI=1S/C15H15N3S/c16-14-7-12(9-17-8-11-5-6-19-10-11)18-15-4-2-1-3-13(14)15/h1-7,10,17H,8-9H2,(H2,16,18). The number of aromatic nitrogens is 1. The van der Waals surface area contributed by atoms with Crippen LogP contribution in [0.3, 0.4) is 0 Å². The number of benzene rings is 1. The molecule has 3 N–H and O–H groups in total. The molecule has 4 heteroatoms. The topological polar surface area (TPSA) is 50.9 Å². The molecule has 1 aromatic carbocycles. The summed E-state index contributed by atoms with van der Waals surface area (Å²) in [5.41, 5.74) is 10.1. The number of anilines is 1. The molecule has 19 heavy (non-hydrogen) atoms. The number of hydrogen-bond acceptors (Lipinski definition) is 4. The molecule has 0 saturated heterocycles. The molecular weight excluding hydrogens is 254 g/mol. The molecule has 3 aromatic rings. The molecule has 0 aliphatic rings. The van der Waals surface area contributed by atoms with E-state index >= 15 is 0 Å². The number of fused-ring (bicyclic) bond motifs is 1. The average Bonchev–Trinajstić information content (AvgIpc) is 2.92. The minimum Gasteiger partial charge on any atom is -0.398 e. The normalized spacial score (nSPS) is 10.9. The van der Waals surface area contributed by atoms with Crippen molar-refractivity contribution in [1.82, 2.24) is 10.3 Å². The van der Waals surface area contributed by atoms with Crippen LogP contribution in [-0.2, 0) is 13.1 Å². The van der Waals surface area contributed by atoms with E-state index in [9.17, 15) is 0 Å². The van der Waals surface area contributed by atoms with Gasteiger partial charge in [0, 0.05) is 24.2 Å². The van der Waals surface area contributed by atoms with Crippen molar-refractivity contribution >= 4 is 27.9 Å². The highest BCUT2D eigenvalue weighted by molar-refractivity contribution is 7.07. The number of hydrogen-bond donors (Lipinski definition) is 2. The van der Waals surface area contributed by atoms with Gasteiger partial charge in [0.05, 0.1) is 11.2 Å². The largest absolute Gasteiger partial charge is 0.398 e. The van der Waals surface area contributed by atoms with E-state index < -0.39 is 0 Å². The monoisotopic (exact) mass is 269 g/mol. The maximum atomic E-state index is 6.06. The van der Waals surface area contributed by atoms with Crippen molar-refractivity contribution in [3.05, 3.63) is 58.4 Å². The molecule has 2 aromatic heterocycles. The molecule has 0 atom stereocenters. The Hall–Kier alpha value is -1.91. The minimum absolute atomic E-state index is 0.727. The van der Waals surface area contributed by atoms with Crippen LogP contribution >= 0.6 is 11.3 Å². The molecular formula is C15H15N3S. The van der Waals surface area contributed by atoms with Gasteiger partial charge < -0.3 is 11.1 Å². The molecule has 0 spiro atoms. The van der Waals surface area contributed by atoms with E-state index in [1.165, 1.54) is 5.56 Å². The minimum atomic E-state index is 0.727. The number of thiophene rings is 1. The van der Waals surface area contributed by atoms with Crippen molar-refractivity contribution in [2.45, 2.75) is 13.1 Å². The maximum absolute atomic E-state index is 6.06. The number of rotatable bonds is 4. The van der Waals surface area contributed by atoms with Gasteiger partial charge in [-0.3, -0.25) is 4.98 Å². The van der Waals surface area contributed by atoms with Gasteiger partial charge in [-0.05, 0) is 34.5 Å². The van der Waals surface area contributed by atoms with Crippen molar-refractivity contribution in [1.29, 1.82) is 0 Å². The fourth-order valence-electron chi connectivity index (χ4n) is 2.08. The first-order valence-electron chi connectivity index (χ1n) is 6.19. The lowest BCUT2D eigenvalue weighted by molar-refractivity contribution is 0.683. The Labute approximate surface area is 116 Å². The summed E-state index contributed by atoms with van der Waals surface area (Å²) in [6.07, 6.45) is 0. The molecule has 0 fully saturated rings. The Morgan fingerprint density at radius 2 is 2.05 bits per heavy atom. The molecule has 0 bridgehead atoms. The molecule has 0 aliphatic heterocycles. The van der Waals surface area contributed by atoms with Gasteiger partial charge in [0.25, 0.3) is 0 Å². The molecule has 0 amide bonds. The Morgan fingerprint density at radius 1 is 1.16 bits per heavy atom. The van der Waals surface area contributed by atoms with Crippen LogP contribution in [0.4, 0.5) is 5.69 Å². The number of para-hydroxylation sites is 1. The van der Waals surface area contributed by atoms with Crippen molar-refractivity contribution in [3.63, 3.8) is 0 Å². The zero-order valence-corrected chi connectivity index (χ0v) is 11.3. The van der Waals surface area contributed by atoms with Gasteiger partial charge >= 0.3 is 0 Å². The molecule has 2 heterocycles. The molecule has 0 aliphatic carbocycles. The van der Waals surface area contributed by atoms with E-state index in [1.54, 1.807) is 11.3 Å². The Bertz CT molecular complexity index is 677. The Balaban J connectivity index is 1.74. The van der Waals surface area contributed by atoms with Crippen LogP contribution < -0.4 is 11.1 Å². The van der Waals surface area contributed by atoms with Gasteiger partial charge in [0.2, 0.25) is 0 Å². The molecule has 96 valence electrons. The Kier molecular flexibility index (Phi) is 3.44. The number of nitrogen functional groups attached to an aromatic ring is 1. The summed E-state index contributed by atoms with van der Waals surface area (Å²) in [5.74, 6) is 0. The smallest absolute Gasteiger partial charge is 0.0726 e. The van der Waals surface area contributed by atoms with Crippen molar-refractivity contribution in [2.75, 3.05) is 5.73 Å². The first-order chi connectivity index (χ1) is 9.33. The van der Waals surface area contributed by atoms with Crippen molar-refractivity contribution in [3.8, 4) is 0 Å². The fourth-order valence-corrected chi connectivity index (χ4v) is 2.75. The average molecular weight is 269 g/mol. The maximum Gasteiger partial charge on any atom is 0.0726 e. The summed E-state index contributed by atoms with van der Waals surface area (Å²) < 4.78 is 0. The van der Waals surface area contributed by atoms with Gasteiger partial charge in [-0.15, -0.1) is 0 Å². The third-order valence-corrected chi connectivity index (χ3v) is 3.75. The molecule has 0 radical (unpaired) electrons. The second-order valence-electron chi connectivity index (χ2n) is 4.46. The molecule has 3 rings (SSSR count). The predicted octanol–water partition coefficient (Wildman–Crippen LogP) is 3.17. The zero-order chi connectivity index (χ0) is 13.1. The van der Waals surface area contributed by atoms with Crippen LogP contribution in [0.1, 0.15) is 11.3 Å². The summed E-state index contributed by atoms with van der Waals surface area (Å²) in [6, 6.07) is 12.0. The molecule has 0 saturated carbocycles. The van der Waals surface area contributed by atoms with E-state index in [2.05, 4.69) is 27.1 Å². The van der Waals surface area contributed by atoms with Crippen LogP contribution in [0.5, 0.6) is 0 Å². The third-order valence-electron chi connectivity index (χ3n) is 3.02. The number of pyridine rings is 1. The second-order valence-corrected chi connectivity index (χ2v) is 5.24. The molecule has 3 nitrogen and oxygen atoms in total. The Morgan fingerprint density at radius 3 is 2.89 bits per heavy atom. The van der Waals surface area contributed by atoms with Gasteiger partial charge in [-0.25, -0.2) is 0 Å². The van der Waals surface area contributed by atoms with E-state index in [0.29, 0.717) is 0 Å². The van der Waals surface area contributed by atoms with Crippen LogP contribution in [-0.4, -0.2) is 4.98 Å².